The summed E-state index contributed by atoms with van der Waals surface area (Å²) in [5, 5.41) is 3.23. The number of carbonyl (C=O) groups is 1. The molecule has 5 heteroatoms. The number of hydrogen-bond acceptors (Lipinski definition) is 4. The number of amides is 1. The molecule has 0 saturated carbocycles. The fourth-order valence-electron chi connectivity index (χ4n) is 2.34. The summed E-state index contributed by atoms with van der Waals surface area (Å²) in [5.41, 5.74) is 0. The van der Waals surface area contributed by atoms with E-state index in [-0.39, 0.29) is 5.91 Å². The number of hydrogen-bond donors (Lipinski definition) is 1. The number of carbonyl (C=O) groups excluding carboxylic acids is 1. The van der Waals surface area contributed by atoms with Gasteiger partial charge in [-0.3, -0.25) is 9.78 Å². The average Bonchev–Trinajstić information content (AvgIpc) is 2.47. The van der Waals surface area contributed by atoms with Crippen molar-refractivity contribution in [2.24, 2.45) is 0 Å². The summed E-state index contributed by atoms with van der Waals surface area (Å²) in [7, 11) is 1.94. The van der Waals surface area contributed by atoms with Crippen LogP contribution in [0.2, 0.25) is 0 Å². The lowest BCUT2D eigenvalue weighted by molar-refractivity contribution is -0.139. The van der Waals surface area contributed by atoms with Crippen molar-refractivity contribution >= 4 is 5.91 Å². The summed E-state index contributed by atoms with van der Waals surface area (Å²) >= 11 is 0. The Morgan fingerprint density at radius 3 is 3.16 bits per heavy atom. The molecule has 0 aliphatic carbocycles. The molecule has 1 fully saturated rings. The van der Waals surface area contributed by atoms with E-state index in [1.807, 2.05) is 18.0 Å². The second-order valence-corrected chi connectivity index (χ2v) is 4.86. The van der Waals surface area contributed by atoms with Crippen LogP contribution in [-0.4, -0.2) is 48.1 Å². The van der Waals surface area contributed by atoms with Crippen LogP contribution in [0.4, 0.5) is 0 Å². The molecule has 1 aromatic heterocycles. The predicted octanol–water partition coefficient (Wildman–Crippen LogP) is 1.06. The zero-order valence-electron chi connectivity index (χ0n) is 11.5. The van der Waals surface area contributed by atoms with Gasteiger partial charge in [0.2, 0.25) is 0 Å². The Hall–Kier alpha value is -1.62. The number of likely N-dealkylation sites (tertiary alicyclic amines) is 1. The molecule has 1 saturated heterocycles. The number of likely N-dealkylation sites (N-methyl/N-ethyl adjacent to an activating group) is 1. The summed E-state index contributed by atoms with van der Waals surface area (Å²) in [6, 6.07) is 4.00. The first kappa shape index (κ1) is 13.8. The van der Waals surface area contributed by atoms with Gasteiger partial charge >= 0.3 is 0 Å². The van der Waals surface area contributed by atoms with Gasteiger partial charge in [-0.25, -0.2) is 0 Å². The van der Waals surface area contributed by atoms with E-state index in [2.05, 4.69) is 10.3 Å². The fourth-order valence-corrected chi connectivity index (χ4v) is 2.34. The quantitative estimate of drug-likeness (QED) is 0.882. The van der Waals surface area contributed by atoms with Gasteiger partial charge < -0.3 is 15.0 Å². The summed E-state index contributed by atoms with van der Waals surface area (Å²) in [4.78, 5) is 18.2. The molecule has 0 bridgehead atoms. The Kier molecular flexibility index (Phi) is 4.74. The van der Waals surface area contributed by atoms with E-state index in [9.17, 15) is 4.79 Å². The minimum atomic E-state index is -0.472. The number of nitrogens with one attached hydrogen (secondary N) is 1. The second kappa shape index (κ2) is 6.52. The van der Waals surface area contributed by atoms with E-state index < -0.39 is 6.10 Å². The third-order valence-electron chi connectivity index (χ3n) is 3.44. The highest BCUT2D eigenvalue weighted by atomic mass is 16.5. The molecule has 1 aliphatic heterocycles. The van der Waals surface area contributed by atoms with Crippen molar-refractivity contribution in [1.82, 2.24) is 15.2 Å². The first-order valence-corrected chi connectivity index (χ1v) is 6.73. The van der Waals surface area contributed by atoms with Crippen LogP contribution >= 0.6 is 0 Å². The summed E-state index contributed by atoms with van der Waals surface area (Å²) in [6.45, 7) is 3.37. The average molecular weight is 263 g/mol. The Morgan fingerprint density at radius 1 is 1.63 bits per heavy atom. The lowest BCUT2D eigenvalue weighted by atomic mass is 10.1. The van der Waals surface area contributed by atoms with Crippen molar-refractivity contribution in [1.29, 1.82) is 0 Å². The Morgan fingerprint density at radius 2 is 2.47 bits per heavy atom. The van der Waals surface area contributed by atoms with Crippen LogP contribution in [0.25, 0.3) is 0 Å². The lowest BCUT2D eigenvalue weighted by Gasteiger charge is -2.34. The number of piperidine rings is 1. The Balaban J connectivity index is 1.91. The molecule has 2 atom stereocenters. The molecule has 2 rings (SSSR count). The highest BCUT2D eigenvalue weighted by Crippen LogP contribution is 2.14. The van der Waals surface area contributed by atoms with Crippen LogP contribution in [0.3, 0.4) is 0 Å². The summed E-state index contributed by atoms with van der Waals surface area (Å²) in [6.07, 6.45) is 4.99. The molecule has 5 nitrogen and oxygen atoms in total. The normalized spacial score (nSPS) is 20.9. The van der Waals surface area contributed by atoms with Gasteiger partial charge in [-0.05, 0) is 38.9 Å². The van der Waals surface area contributed by atoms with E-state index in [0.29, 0.717) is 11.8 Å². The fraction of sp³-hybridized carbons (Fsp3) is 0.571. The summed E-state index contributed by atoms with van der Waals surface area (Å²) in [5.74, 6) is 0.675. The van der Waals surface area contributed by atoms with Gasteiger partial charge in [0, 0.05) is 25.3 Å². The molecule has 1 aromatic rings. The molecule has 1 aliphatic rings. The van der Waals surface area contributed by atoms with E-state index >= 15 is 0 Å². The molecular weight excluding hydrogens is 242 g/mol. The second-order valence-electron chi connectivity index (χ2n) is 4.86. The molecule has 19 heavy (non-hydrogen) atoms. The number of ether oxygens (including phenoxy) is 1. The zero-order chi connectivity index (χ0) is 13.7. The van der Waals surface area contributed by atoms with Crippen molar-refractivity contribution in [3.05, 3.63) is 24.5 Å². The Bertz CT molecular complexity index is 410. The van der Waals surface area contributed by atoms with Crippen LogP contribution in [0, 0.1) is 0 Å². The molecule has 0 unspecified atom stereocenters. The van der Waals surface area contributed by atoms with Crippen molar-refractivity contribution in [2.75, 3.05) is 20.1 Å². The molecule has 2 heterocycles. The van der Waals surface area contributed by atoms with Gasteiger partial charge in [0.1, 0.15) is 5.75 Å². The van der Waals surface area contributed by atoms with Gasteiger partial charge in [0.15, 0.2) is 6.10 Å². The molecule has 1 amide bonds. The number of aromatic nitrogens is 1. The monoisotopic (exact) mass is 263 g/mol. The number of pyridine rings is 1. The van der Waals surface area contributed by atoms with Crippen LogP contribution < -0.4 is 10.1 Å². The first-order valence-electron chi connectivity index (χ1n) is 6.73. The van der Waals surface area contributed by atoms with Gasteiger partial charge in [-0.15, -0.1) is 0 Å². The molecule has 0 spiro atoms. The van der Waals surface area contributed by atoms with Crippen molar-refractivity contribution in [3.8, 4) is 5.75 Å². The van der Waals surface area contributed by atoms with Gasteiger partial charge in [-0.1, -0.05) is 0 Å². The van der Waals surface area contributed by atoms with E-state index in [1.54, 1.807) is 25.4 Å². The SMILES string of the molecule is CN[C@H]1CCCN(C(=O)[C@H](C)Oc2cccnc2)C1. The zero-order valence-corrected chi connectivity index (χ0v) is 11.5. The number of rotatable bonds is 4. The van der Waals surface area contributed by atoms with Crippen molar-refractivity contribution in [2.45, 2.75) is 31.9 Å². The van der Waals surface area contributed by atoms with E-state index in [4.69, 9.17) is 4.74 Å². The maximum Gasteiger partial charge on any atom is 0.263 e. The van der Waals surface area contributed by atoms with Crippen molar-refractivity contribution < 1.29 is 9.53 Å². The summed E-state index contributed by atoms with van der Waals surface area (Å²) < 4.78 is 5.62. The van der Waals surface area contributed by atoms with Crippen molar-refractivity contribution in [3.63, 3.8) is 0 Å². The highest BCUT2D eigenvalue weighted by molar-refractivity contribution is 5.81. The molecular formula is C14H21N3O2. The van der Waals surface area contributed by atoms with Crippen LogP contribution in [0.5, 0.6) is 5.75 Å². The lowest BCUT2D eigenvalue weighted by Crippen LogP contribution is -2.50. The maximum atomic E-state index is 12.3. The Labute approximate surface area is 114 Å². The topological polar surface area (TPSA) is 54.5 Å². The third kappa shape index (κ3) is 3.67. The molecule has 1 N–H and O–H groups in total. The molecule has 0 aromatic carbocycles. The standard InChI is InChI=1S/C14H21N3O2/c1-11(19-13-6-3-7-16-9-13)14(18)17-8-4-5-12(10-17)15-2/h3,6-7,9,11-12,15H,4-5,8,10H2,1-2H3/t11-,12-/m0/s1. The highest BCUT2D eigenvalue weighted by Gasteiger charge is 2.27. The minimum Gasteiger partial charge on any atom is -0.479 e. The van der Waals surface area contributed by atoms with Gasteiger partial charge in [-0.2, -0.15) is 0 Å². The molecule has 0 radical (unpaired) electrons. The maximum absolute atomic E-state index is 12.3. The number of nitrogens with zero attached hydrogens (tertiary/aromatic N) is 2. The van der Waals surface area contributed by atoms with E-state index in [1.165, 1.54) is 0 Å². The smallest absolute Gasteiger partial charge is 0.263 e. The van der Waals surface area contributed by atoms with Crippen LogP contribution in [-0.2, 0) is 4.79 Å². The van der Waals surface area contributed by atoms with Crippen LogP contribution in [0.15, 0.2) is 24.5 Å². The predicted molar refractivity (Wildman–Crippen MR) is 73.0 cm³/mol. The van der Waals surface area contributed by atoms with E-state index in [0.717, 1.165) is 25.9 Å². The minimum absolute atomic E-state index is 0.0452. The van der Waals surface area contributed by atoms with Crippen LogP contribution in [0.1, 0.15) is 19.8 Å². The largest absolute Gasteiger partial charge is 0.479 e. The van der Waals surface area contributed by atoms with Gasteiger partial charge in [0.25, 0.3) is 5.91 Å². The molecule has 104 valence electrons. The van der Waals surface area contributed by atoms with Gasteiger partial charge in [0.05, 0.1) is 6.20 Å². The first-order chi connectivity index (χ1) is 9.20. The third-order valence-corrected chi connectivity index (χ3v) is 3.44.